The summed E-state index contributed by atoms with van der Waals surface area (Å²) in [4.78, 5) is 34.1. The van der Waals surface area contributed by atoms with Crippen molar-refractivity contribution in [3.8, 4) is 0 Å². The fourth-order valence-corrected chi connectivity index (χ4v) is 1.31. The predicted octanol–water partition coefficient (Wildman–Crippen LogP) is 0.145. The van der Waals surface area contributed by atoms with Crippen LogP contribution in [0.25, 0.3) is 0 Å². The lowest BCUT2D eigenvalue weighted by molar-refractivity contribution is -0.142. The summed E-state index contributed by atoms with van der Waals surface area (Å²) in [6, 6.07) is -0.972. The van der Waals surface area contributed by atoms with Crippen LogP contribution in [0.5, 0.6) is 0 Å². The first-order valence-electron chi connectivity index (χ1n) is 6.48. The highest BCUT2D eigenvalue weighted by Crippen LogP contribution is 2.12. The smallest absolute Gasteiger partial charge is 0.326 e. The van der Waals surface area contributed by atoms with Gasteiger partial charge in [0, 0.05) is 38.5 Å². The number of ether oxygens (including phenoxy) is 1. The first kappa shape index (κ1) is 18.4. The van der Waals surface area contributed by atoms with Gasteiger partial charge in [-0.05, 0) is 0 Å². The SMILES string of the molecule is COCCC(NC(=O)CCNC(=O)C(C)(C)C)C(=O)O. The third-order valence-corrected chi connectivity index (χ3v) is 2.56. The fraction of sp³-hybridized carbons (Fsp3) is 0.769. The summed E-state index contributed by atoms with van der Waals surface area (Å²) in [7, 11) is 1.46. The van der Waals surface area contributed by atoms with Crippen LogP contribution in [0.2, 0.25) is 0 Å². The number of carbonyl (C=O) groups excluding carboxylic acids is 2. The van der Waals surface area contributed by atoms with Gasteiger partial charge >= 0.3 is 5.97 Å². The molecule has 1 atom stereocenters. The van der Waals surface area contributed by atoms with E-state index in [1.165, 1.54) is 7.11 Å². The maximum Gasteiger partial charge on any atom is 0.326 e. The van der Waals surface area contributed by atoms with Crippen molar-refractivity contribution in [3.05, 3.63) is 0 Å². The number of carboxylic acid groups (broad SMARTS) is 1. The van der Waals surface area contributed by atoms with E-state index in [1.807, 2.05) is 0 Å². The Morgan fingerprint density at radius 1 is 1.25 bits per heavy atom. The van der Waals surface area contributed by atoms with Gasteiger partial charge in [-0.15, -0.1) is 0 Å². The number of rotatable bonds is 8. The second-order valence-electron chi connectivity index (χ2n) is 5.50. The molecule has 0 aromatic rings. The highest BCUT2D eigenvalue weighted by atomic mass is 16.5. The summed E-state index contributed by atoms with van der Waals surface area (Å²) in [5.41, 5.74) is -0.515. The van der Waals surface area contributed by atoms with E-state index in [2.05, 4.69) is 10.6 Å². The summed E-state index contributed by atoms with van der Waals surface area (Å²) in [6.07, 6.45) is 0.241. The maximum absolute atomic E-state index is 11.6. The zero-order valence-corrected chi connectivity index (χ0v) is 12.5. The average molecular weight is 288 g/mol. The molecule has 0 aromatic carbocycles. The quantitative estimate of drug-likeness (QED) is 0.589. The molecule has 7 heteroatoms. The van der Waals surface area contributed by atoms with Gasteiger partial charge in [-0.25, -0.2) is 4.79 Å². The lowest BCUT2D eigenvalue weighted by Gasteiger charge is -2.18. The lowest BCUT2D eigenvalue weighted by Crippen LogP contribution is -2.43. The van der Waals surface area contributed by atoms with Crippen molar-refractivity contribution >= 4 is 17.8 Å². The number of hydrogen-bond acceptors (Lipinski definition) is 4. The second-order valence-corrected chi connectivity index (χ2v) is 5.50. The van der Waals surface area contributed by atoms with Crippen LogP contribution in [0, 0.1) is 5.41 Å². The molecule has 0 aliphatic heterocycles. The largest absolute Gasteiger partial charge is 0.480 e. The highest BCUT2D eigenvalue weighted by Gasteiger charge is 2.22. The van der Waals surface area contributed by atoms with E-state index in [-0.39, 0.29) is 31.9 Å². The van der Waals surface area contributed by atoms with Crippen LogP contribution in [0.3, 0.4) is 0 Å². The molecule has 0 saturated heterocycles. The van der Waals surface area contributed by atoms with Gasteiger partial charge in [-0.3, -0.25) is 9.59 Å². The number of carbonyl (C=O) groups is 3. The number of hydrogen-bond donors (Lipinski definition) is 3. The van der Waals surface area contributed by atoms with E-state index >= 15 is 0 Å². The lowest BCUT2D eigenvalue weighted by atomic mass is 9.96. The topological polar surface area (TPSA) is 105 Å². The zero-order valence-electron chi connectivity index (χ0n) is 12.5. The summed E-state index contributed by atoms with van der Waals surface area (Å²) >= 11 is 0. The minimum absolute atomic E-state index is 0.0403. The molecule has 0 fully saturated rings. The molecule has 20 heavy (non-hydrogen) atoms. The van der Waals surface area contributed by atoms with Crippen LogP contribution in [-0.2, 0) is 19.1 Å². The van der Waals surface area contributed by atoms with Crippen molar-refractivity contribution in [2.24, 2.45) is 5.41 Å². The van der Waals surface area contributed by atoms with Crippen molar-refractivity contribution in [3.63, 3.8) is 0 Å². The standard InChI is InChI=1S/C13H24N2O5/c1-13(2,3)12(19)14-7-5-10(16)15-9(11(17)18)6-8-20-4/h9H,5-8H2,1-4H3,(H,14,19)(H,15,16)(H,17,18). The number of amides is 2. The normalized spacial score (nSPS) is 12.6. The number of carboxylic acids is 1. The van der Waals surface area contributed by atoms with E-state index in [9.17, 15) is 14.4 Å². The molecule has 0 bridgehead atoms. The second kappa shape index (κ2) is 8.52. The molecular weight excluding hydrogens is 264 g/mol. The van der Waals surface area contributed by atoms with Crippen molar-refractivity contribution in [1.29, 1.82) is 0 Å². The van der Waals surface area contributed by atoms with Crippen LogP contribution >= 0.6 is 0 Å². The van der Waals surface area contributed by atoms with Crippen LogP contribution in [0.15, 0.2) is 0 Å². The molecule has 2 amide bonds. The Morgan fingerprint density at radius 2 is 1.85 bits per heavy atom. The Balaban J connectivity index is 4.08. The molecule has 7 nitrogen and oxygen atoms in total. The highest BCUT2D eigenvalue weighted by molar-refractivity contribution is 5.85. The van der Waals surface area contributed by atoms with E-state index in [0.29, 0.717) is 0 Å². The Hall–Kier alpha value is -1.63. The molecule has 0 aromatic heterocycles. The molecule has 0 aliphatic rings. The van der Waals surface area contributed by atoms with Gasteiger partial charge in [0.15, 0.2) is 0 Å². The van der Waals surface area contributed by atoms with Crippen molar-refractivity contribution in [1.82, 2.24) is 10.6 Å². The maximum atomic E-state index is 11.6. The summed E-state index contributed by atoms with van der Waals surface area (Å²) in [5.74, 6) is -1.67. The average Bonchev–Trinajstić information content (AvgIpc) is 2.32. The van der Waals surface area contributed by atoms with Crippen LogP contribution < -0.4 is 10.6 Å². The number of aliphatic carboxylic acids is 1. The van der Waals surface area contributed by atoms with Gasteiger partial charge in [-0.1, -0.05) is 20.8 Å². The molecule has 0 heterocycles. The predicted molar refractivity (Wildman–Crippen MR) is 73.1 cm³/mol. The fourth-order valence-electron chi connectivity index (χ4n) is 1.31. The summed E-state index contributed by atoms with van der Waals surface area (Å²) in [6.45, 7) is 5.74. The van der Waals surface area contributed by atoms with Crippen LogP contribution in [-0.4, -0.2) is 49.2 Å². The minimum atomic E-state index is -1.10. The van der Waals surface area contributed by atoms with Gasteiger partial charge < -0.3 is 20.5 Å². The van der Waals surface area contributed by atoms with Crippen LogP contribution in [0.4, 0.5) is 0 Å². The Bertz CT molecular complexity index is 349. The Kier molecular flexibility index (Phi) is 7.83. The first-order valence-corrected chi connectivity index (χ1v) is 6.48. The molecule has 0 saturated carbocycles. The van der Waals surface area contributed by atoms with Gasteiger partial charge in [0.05, 0.1) is 0 Å². The van der Waals surface area contributed by atoms with Crippen molar-refractivity contribution in [2.75, 3.05) is 20.3 Å². The summed E-state index contributed by atoms with van der Waals surface area (Å²) in [5, 5.41) is 14.0. The van der Waals surface area contributed by atoms with E-state index in [4.69, 9.17) is 9.84 Å². The number of methoxy groups -OCH3 is 1. The molecule has 0 rings (SSSR count). The molecule has 0 aliphatic carbocycles. The van der Waals surface area contributed by atoms with E-state index < -0.39 is 23.3 Å². The van der Waals surface area contributed by atoms with Gasteiger partial charge in [0.1, 0.15) is 6.04 Å². The first-order chi connectivity index (χ1) is 9.18. The van der Waals surface area contributed by atoms with Gasteiger partial charge in [0.2, 0.25) is 11.8 Å². The zero-order chi connectivity index (χ0) is 15.8. The molecular formula is C13H24N2O5. The Labute approximate surface area is 119 Å². The third-order valence-electron chi connectivity index (χ3n) is 2.56. The van der Waals surface area contributed by atoms with Crippen molar-refractivity contribution in [2.45, 2.75) is 39.7 Å². The molecule has 3 N–H and O–H groups in total. The van der Waals surface area contributed by atoms with Gasteiger partial charge in [-0.2, -0.15) is 0 Å². The molecule has 0 spiro atoms. The molecule has 116 valence electrons. The third kappa shape index (κ3) is 7.73. The van der Waals surface area contributed by atoms with Crippen molar-refractivity contribution < 1.29 is 24.2 Å². The Morgan fingerprint density at radius 3 is 2.30 bits per heavy atom. The van der Waals surface area contributed by atoms with Crippen LogP contribution in [0.1, 0.15) is 33.6 Å². The molecule has 1 unspecified atom stereocenters. The van der Waals surface area contributed by atoms with E-state index in [0.717, 1.165) is 0 Å². The number of nitrogens with one attached hydrogen (secondary N) is 2. The minimum Gasteiger partial charge on any atom is -0.480 e. The van der Waals surface area contributed by atoms with E-state index in [1.54, 1.807) is 20.8 Å². The monoisotopic (exact) mass is 288 g/mol. The molecule has 0 radical (unpaired) electrons. The summed E-state index contributed by atoms with van der Waals surface area (Å²) < 4.78 is 4.78. The van der Waals surface area contributed by atoms with Gasteiger partial charge in [0.25, 0.3) is 0 Å².